The first-order valence-corrected chi connectivity index (χ1v) is 4.81. The topological polar surface area (TPSA) is 88.6 Å². The lowest BCUT2D eigenvalue weighted by Gasteiger charge is -2.03. The van der Waals surface area contributed by atoms with E-state index in [1.54, 1.807) is 7.11 Å². The number of aromatic nitrogens is 5. The lowest BCUT2D eigenvalue weighted by Crippen LogP contribution is -2.14. The molecule has 0 fully saturated rings. The fourth-order valence-corrected chi connectivity index (χ4v) is 1.23. The summed E-state index contributed by atoms with van der Waals surface area (Å²) >= 11 is 0. The number of tetrazole rings is 1. The highest BCUT2D eigenvalue weighted by atomic mass is 16.5. The molecular weight excluding hydrogens is 208 g/mol. The Morgan fingerprint density at radius 1 is 1.38 bits per heavy atom. The van der Waals surface area contributed by atoms with Crippen LogP contribution in [0, 0.1) is 0 Å². The van der Waals surface area contributed by atoms with Gasteiger partial charge in [-0.1, -0.05) is 11.3 Å². The first-order chi connectivity index (χ1) is 7.88. The van der Waals surface area contributed by atoms with E-state index in [9.17, 15) is 0 Å². The largest absolute Gasteiger partial charge is 0.481 e. The van der Waals surface area contributed by atoms with Crippen LogP contribution < -0.4 is 10.1 Å². The predicted octanol–water partition coefficient (Wildman–Crippen LogP) is -0.107. The number of rotatable bonds is 5. The van der Waals surface area contributed by atoms with Gasteiger partial charge in [0.1, 0.15) is 0 Å². The van der Waals surface area contributed by atoms with Gasteiger partial charge in [0.05, 0.1) is 19.3 Å². The summed E-state index contributed by atoms with van der Waals surface area (Å²) in [6, 6.07) is 5.63. The molecule has 0 aliphatic rings. The van der Waals surface area contributed by atoms with Crippen molar-refractivity contribution in [1.29, 1.82) is 0 Å². The lowest BCUT2D eigenvalue weighted by molar-refractivity contribution is 0.395. The van der Waals surface area contributed by atoms with Crippen molar-refractivity contribution in [3.05, 3.63) is 29.7 Å². The summed E-state index contributed by atoms with van der Waals surface area (Å²) in [5, 5.41) is 16.7. The van der Waals surface area contributed by atoms with Crippen molar-refractivity contribution in [1.82, 2.24) is 30.9 Å². The van der Waals surface area contributed by atoms with Gasteiger partial charge in [-0.2, -0.15) is 5.21 Å². The number of hydrogen-bond donors (Lipinski definition) is 2. The Morgan fingerprint density at radius 2 is 2.31 bits per heavy atom. The van der Waals surface area contributed by atoms with E-state index in [2.05, 4.69) is 30.9 Å². The summed E-state index contributed by atoms with van der Waals surface area (Å²) in [5.41, 5.74) is 0.905. The molecule has 2 aromatic heterocycles. The zero-order chi connectivity index (χ0) is 11.2. The number of methoxy groups -OCH3 is 1. The van der Waals surface area contributed by atoms with Crippen LogP contribution in [-0.2, 0) is 13.1 Å². The Hall–Kier alpha value is -2.02. The van der Waals surface area contributed by atoms with Gasteiger partial charge in [-0.15, -0.1) is 10.2 Å². The molecule has 0 saturated carbocycles. The highest BCUT2D eigenvalue weighted by Crippen LogP contribution is 2.06. The minimum atomic E-state index is 0.551. The van der Waals surface area contributed by atoms with Crippen molar-refractivity contribution in [3.63, 3.8) is 0 Å². The van der Waals surface area contributed by atoms with Crippen LogP contribution in [0.15, 0.2) is 18.2 Å². The molecule has 16 heavy (non-hydrogen) atoms. The fourth-order valence-electron chi connectivity index (χ4n) is 1.23. The second-order valence-corrected chi connectivity index (χ2v) is 3.10. The molecule has 0 unspecified atom stereocenters. The van der Waals surface area contributed by atoms with Gasteiger partial charge in [0.25, 0.3) is 0 Å². The maximum Gasteiger partial charge on any atom is 0.213 e. The molecule has 0 radical (unpaired) electrons. The standard InChI is InChI=1S/C9H12N6O/c1-16-9-4-2-3-7(11-9)5-10-6-8-12-14-15-13-8/h2-4,10H,5-6H2,1H3,(H,12,13,14,15). The number of hydrogen-bond acceptors (Lipinski definition) is 6. The molecule has 0 aromatic carbocycles. The number of nitrogens with one attached hydrogen (secondary N) is 2. The zero-order valence-corrected chi connectivity index (χ0v) is 8.84. The zero-order valence-electron chi connectivity index (χ0n) is 8.84. The van der Waals surface area contributed by atoms with Gasteiger partial charge in [0.2, 0.25) is 5.88 Å². The van der Waals surface area contributed by atoms with Crippen LogP contribution in [-0.4, -0.2) is 32.7 Å². The van der Waals surface area contributed by atoms with E-state index < -0.39 is 0 Å². The Kier molecular flexibility index (Phi) is 3.39. The van der Waals surface area contributed by atoms with Gasteiger partial charge in [-0.25, -0.2) is 4.98 Å². The molecule has 2 heterocycles. The highest BCUT2D eigenvalue weighted by molar-refractivity contribution is 5.15. The van der Waals surface area contributed by atoms with Crippen LogP contribution >= 0.6 is 0 Å². The SMILES string of the molecule is COc1cccc(CNCc2nn[nH]n2)n1. The summed E-state index contributed by atoms with van der Waals surface area (Å²) < 4.78 is 5.03. The average molecular weight is 220 g/mol. The quantitative estimate of drug-likeness (QED) is 0.731. The number of pyridine rings is 1. The minimum Gasteiger partial charge on any atom is -0.481 e. The summed E-state index contributed by atoms with van der Waals surface area (Å²) in [4.78, 5) is 4.26. The van der Waals surface area contributed by atoms with E-state index in [1.807, 2.05) is 18.2 Å². The molecule has 7 nitrogen and oxygen atoms in total. The number of nitrogens with zero attached hydrogens (tertiary/aromatic N) is 4. The Labute approximate surface area is 92.2 Å². The monoisotopic (exact) mass is 220 g/mol. The van der Waals surface area contributed by atoms with Crippen molar-refractivity contribution in [2.45, 2.75) is 13.1 Å². The maximum absolute atomic E-state index is 5.03. The van der Waals surface area contributed by atoms with Crippen molar-refractivity contribution in [2.24, 2.45) is 0 Å². The maximum atomic E-state index is 5.03. The molecule has 2 rings (SSSR count). The summed E-state index contributed by atoms with van der Waals surface area (Å²) in [6.07, 6.45) is 0. The lowest BCUT2D eigenvalue weighted by atomic mass is 10.3. The number of H-pyrrole nitrogens is 1. The van der Waals surface area contributed by atoms with Gasteiger partial charge in [-0.05, 0) is 6.07 Å². The van der Waals surface area contributed by atoms with Gasteiger partial charge in [-0.3, -0.25) is 0 Å². The average Bonchev–Trinajstić information content (AvgIpc) is 2.82. The molecule has 0 saturated heterocycles. The third-order valence-corrected chi connectivity index (χ3v) is 1.97. The molecule has 0 bridgehead atoms. The molecule has 0 aliphatic carbocycles. The van der Waals surface area contributed by atoms with Gasteiger partial charge < -0.3 is 10.1 Å². The van der Waals surface area contributed by atoms with Crippen molar-refractivity contribution in [2.75, 3.05) is 7.11 Å². The van der Waals surface area contributed by atoms with Crippen molar-refractivity contribution < 1.29 is 4.74 Å². The second-order valence-electron chi connectivity index (χ2n) is 3.10. The van der Waals surface area contributed by atoms with E-state index in [4.69, 9.17) is 4.74 Å². The molecule has 2 N–H and O–H groups in total. The third-order valence-electron chi connectivity index (χ3n) is 1.97. The third kappa shape index (κ3) is 2.74. The second kappa shape index (κ2) is 5.17. The Balaban J connectivity index is 1.85. The summed E-state index contributed by atoms with van der Waals surface area (Å²) in [7, 11) is 1.60. The van der Waals surface area contributed by atoms with Crippen LogP contribution in [0.5, 0.6) is 5.88 Å². The highest BCUT2D eigenvalue weighted by Gasteiger charge is 1.99. The van der Waals surface area contributed by atoms with Crippen LogP contribution in [0.25, 0.3) is 0 Å². The van der Waals surface area contributed by atoms with E-state index in [0.717, 1.165) is 5.69 Å². The molecule has 0 atom stereocenters. The van der Waals surface area contributed by atoms with Gasteiger partial charge in [0, 0.05) is 12.6 Å². The van der Waals surface area contributed by atoms with E-state index in [-0.39, 0.29) is 0 Å². The molecule has 84 valence electrons. The molecule has 0 spiro atoms. The number of ether oxygens (including phenoxy) is 1. The smallest absolute Gasteiger partial charge is 0.213 e. The normalized spacial score (nSPS) is 10.3. The Bertz CT molecular complexity index is 429. The van der Waals surface area contributed by atoms with Gasteiger partial charge in [0.15, 0.2) is 5.82 Å². The molecule has 7 heteroatoms. The van der Waals surface area contributed by atoms with Crippen molar-refractivity contribution in [3.8, 4) is 5.88 Å². The number of aromatic amines is 1. The molecule has 0 amide bonds. The van der Waals surface area contributed by atoms with E-state index in [0.29, 0.717) is 24.8 Å². The first-order valence-electron chi connectivity index (χ1n) is 4.81. The fraction of sp³-hybridized carbons (Fsp3) is 0.333. The predicted molar refractivity (Wildman–Crippen MR) is 55.5 cm³/mol. The summed E-state index contributed by atoms with van der Waals surface area (Å²) in [5.74, 6) is 1.24. The van der Waals surface area contributed by atoms with E-state index >= 15 is 0 Å². The minimum absolute atomic E-state index is 0.551. The van der Waals surface area contributed by atoms with Crippen LogP contribution in [0.3, 0.4) is 0 Å². The molecule has 0 aliphatic heterocycles. The first kappa shape index (κ1) is 10.5. The van der Waals surface area contributed by atoms with Gasteiger partial charge >= 0.3 is 0 Å². The summed E-state index contributed by atoms with van der Waals surface area (Å²) in [6.45, 7) is 1.18. The Morgan fingerprint density at radius 3 is 3.06 bits per heavy atom. The van der Waals surface area contributed by atoms with E-state index in [1.165, 1.54) is 0 Å². The van der Waals surface area contributed by atoms with Crippen LogP contribution in [0.1, 0.15) is 11.5 Å². The van der Waals surface area contributed by atoms with Crippen molar-refractivity contribution >= 4 is 0 Å². The molecular formula is C9H12N6O. The van der Waals surface area contributed by atoms with Crippen LogP contribution in [0.2, 0.25) is 0 Å². The van der Waals surface area contributed by atoms with Crippen LogP contribution in [0.4, 0.5) is 0 Å². The molecule has 2 aromatic rings.